The van der Waals surface area contributed by atoms with Gasteiger partial charge in [-0.25, -0.2) is 0 Å². The summed E-state index contributed by atoms with van der Waals surface area (Å²) in [5.41, 5.74) is 3.84. The lowest BCUT2D eigenvalue weighted by molar-refractivity contribution is -0.0160. The van der Waals surface area contributed by atoms with Crippen molar-refractivity contribution in [1.29, 1.82) is 0 Å². The second-order valence-electron chi connectivity index (χ2n) is 5.68. The Kier molecular flexibility index (Phi) is 3.52. The molecular weight excluding hydrogens is 260 g/mol. The van der Waals surface area contributed by atoms with Gasteiger partial charge in [-0.2, -0.15) is 0 Å². The summed E-state index contributed by atoms with van der Waals surface area (Å²) in [5.74, 6) is 0. The van der Waals surface area contributed by atoms with Gasteiger partial charge in [-0.15, -0.1) is 0 Å². The first kappa shape index (κ1) is 13.8. The maximum absolute atomic E-state index is 6.15. The van der Waals surface area contributed by atoms with Crippen molar-refractivity contribution >= 4 is 11.4 Å². The molecule has 0 spiro atoms. The van der Waals surface area contributed by atoms with Crippen LogP contribution in [0.3, 0.4) is 0 Å². The van der Waals surface area contributed by atoms with Gasteiger partial charge < -0.3 is 10.1 Å². The Morgan fingerprint density at radius 2 is 1.67 bits per heavy atom. The zero-order chi connectivity index (χ0) is 14.9. The fourth-order valence-electron chi connectivity index (χ4n) is 2.59. The molecule has 1 N–H and O–H groups in total. The van der Waals surface area contributed by atoms with Gasteiger partial charge in [0.25, 0.3) is 0 Å². The summed E-state index contributed by atoms with van der Waals surface area (Å²) in [5, 5.41) is 3.13. The third kappa shape index (κ3) is 2.83. The van der Waals surface area contributed by atoms with E-state index in [4.69, 9.17) is 9.73 Å². The van der Waals surface area contributed by atoms with Crippen LogP contribution in [0.25, 0.3) is 0 Å². The highest BCUT2D eigenvalue weighted by Crippen LogP contribution is 2.36. The molecule has 0 radical (unpaired) electrons. The molecule has 1 heterocycles. The van der Waals surface area contributed by atoms with E-state index in [0.29, 0.717) is 0 Å². The lowest BCUT2D eigenvalue weighted by Gasteiger charge is -2.19. The first-order chi connectivity index (χ1) is 10.1. The summed E-state index contributed by atoms with van der Waals surface area (Å²) in [6.07, 6.45) is -0.117. The van der Waals surface area contributed by atoms with E-state index < -0.39 is 5.72 Å². The first-order valence-electron chi connectivity index (χ1n) is 7.20. The highest BCUT2D eigenvalue weighted by atomic mass is 16.5. The average molecular weight is 280 g/mol. The maximum Gasteiger partial charge on any atom is 0.155 e. The van der Waals surface area contributed by atoms with Crippen molar-refractivity contribution in [2.45, 2.75) is 25.7 Å². The van der Waals surface area contributed by atoms with Gasteiger partial charge in [0.05, 0.1) is 5.71 Å². The van der Waals surface area contributed by atoms with E-state index in [1.54, 1.807) is 0 Å². The van der Waals surface area contributed by atoms with Crippen molar-refractivity contribution in [3.63, 3.8) is 0 Å². The Morgan fingerprint density at radius 1 is 1.00 bits per heavy atom. The van der Waals surface area contributed by atoms with E-state index in [9.17, 15) is 0 Å². The van der Waals surface area contributed by atoms with Crippen LogP contribution in [0.1, 0.15) is 31.1 Å². The number of ether oxygens (including phenoxy) is 1. The molecule has 1 atom stereocenters. The number of benzene rings is 2. The van der Waals surface area contributed by atoms with E-state index in [1.165, 1.54) is 0 Å². The van der Waals surface area contributed by atoms with Gasteiger partial charge in [-0.05, 0) is 37.1 Å². The molecule has 0 aliphatic carbocycles. The SMILES string of the molecule is CNc1ccc(C2OC(C)(C)N=C2c2ccccc2)cc1. The lowest BCUT2D eigenvalue weighted by atomic mass is 9.99. The van der Waals surface area contributed by atoms with Crippen LogP contribution in [0.2, 0.25) is 0 Å². The van der Waals surface area contributed by atoms with Gasteiger partial charge in [0.15, 0.2) is 5.72 Å². The second kappa shape index (κ2) is 5.34. The van der Waals surface area contributed by atoms with Crippen LogP contribution in [0.5, 0.6) is 0 Å². The molecule has 0 bridgehead atoms. The normalized spacial score (nSPS) is 20.1. The molecule has 3 rings (SSSR count). The quantitative estimate of drug-likeness (QED) is 0.921. The van der Waals surface area contributed by atoms with Crippen LogP contribution in [0.15, 0.2) is 59.6 Å². The minimum Gasteiger partial charge on any atom is -0.388 e. The topological polar surface area (TPSA) is 33.6 Å². The lowest BCUT2D eigenvalue weighted by Crippen LogP contribution is -2.18. The minimum absolute atomic E-state index is 0.117. The van der Waals surface area contributed by atoms with Crippen LogP contribution in [0.4, 0.5) is 5.69 Å². The number of rotatable bonds is 3. The Hall–Kier alpha value is -2.13. The third-order valence-electron chi connectivity index (χ3n) is 3.62. The molecule has 3 heteroatoms. The molecule has 21 heavy (non-hydrogen) atoms. The fourth-order valence-corrected chi connectivity index (χ4v) is 2.59. The van der Waals surface area contributed by atoms with Crippen molar-refractivity contribution in [2.24, 2.45) is 4.99 Å². The monoisotopic (exact) mass is 280 g/mol. The zero-order valence-electron chi connectivity index (χ0n) is 12.6. The predicted molar refractivity (Wildman–Crippen MR) is 86.9 cm³/mol. The number of anilines is 1. The Morgan fingerprint density at radius 3 is 2.29 bits per heavy atom. The van der Waals surface area contributed by atoms with Crippen molar-refractivity contribution in [3.8, 4) is 0 Å². The minimum atomic E-state index is -0.489. The van der Waals surface area contributed by atoms with Crippen LogP contribution in [-0.2, 0) is 4.74 Å². The van der Waals surface area contributed by atoms with E-state index in [1.807, 2.05) is 39.1 Å². The maximum atomic E-state index is 6.15. The molecule has 108 valence electrons. The third-order valence-corrected chi connectivity index (χ3v) is 3.62. The van der Waals surface area contributed by atoms with E-state index in [-0.39, 0.29) is 6.10 Å². The highest BCUT2D eigenvalue weighted by molar-refractivity contribution is 6.05. The van der Waals surface area contributed by atoms with Crippen molar-refractivity contribution in [2.75, 3.05) is 12.4 Å². The molecule has 0 saturated carbocycles. The smallest absolute Gasteiger partial charge is 0.155 e. The van der Waals surface area contributed by atoms with Crippen LogP contribution in [-0.4, -0.2) is 18.5 Å². The molecule has 1 aliphatic heterocycles. The molecule has 0 aromatic heterocycles. The van der Waals surface area contributed by atoms with Gasteiger partial charge in [-0.1, -0.05) is 42.5 Å². The van der Waals surface area contributed by atoms with Crippen molar-refractivity contribution < 1.29 is 4.74 Å². The molecule has 0 fully saturated rings. The standard InChI is InChI=1S/C18H20N2O/c1-18(2)20-16(13-7-5-4-6-8-13)17(21-18)14-9-11-15(19-3)12-10-14/h4-12,17,19H,1-3H3. The number of hydrogen-bond acceptors (Lipinski definition) is 3. The Balaban J connectivity index is 1.99. The number of aliphatic imine (C=N–C) groups is 1. The molecule has 0 saturated heterocycles. The summed E-state index contributed by atoms with van der Waals surface area (Å²) in [4.78, 5) is 4.77. The van der Waals surface area contributed by atoms with Crippen molar-refractivity contribution in [1.82, 2.24) is 0 Å². The van der Waals surface area contributed by atoms with Gasteiger partial charge in [-0.3, -0.25) is 4.99 Å². The molecule has 2 aromatic rings. The second-order valence-corrected chi connectivity index (χ2v) is 5.68. The van der Waals surface area contributed by atoms with Crippen LogP contribution >= 0.6 is 0 Å². The van der Waals surface area contributed by atoms with Crippen LogP contribution in [0, 0.1) is 0 Å². The summed E-state index contributed by atoms with van der Waals surface area (Å²) in [7, 11) is 1.92. The largest absolute Gasteiger partial charge is 0.388 e. The summed E-state index contributed by atoms with van der Waals surface area (Å²) in [6, 6.07) is 18.6. The Labute approximate surface area is 125 Å². The van der Waals surface area contributed by atoms with Gasteiger partial charge in [0, 0.05) is 12.7 Å². The Bertz CT molecular complexity index is 645. The van der Waals surface area contributed by atoms with Crippen LogP contribution < -0.4 is 5.32 Å². The van der Waals surface area contributed by atoms with Gasteiger partial charge in [0.1, 0.15) is 6.10 Å². The molecule has 0 amide bonds. The molecular formula is C18H20N2O. The summed E-state index contributed by atoms with van der Waals surface area (Å²) < 4.78 is 6.15. The number of nitrogens with zero attached hydrogens (tertiary/aromatic N) is 1. The molecule has 1 aliphatic rings. The molecule has 2 aromatic carbocycles. The highest BCUT2D eigenvalue weighted by Gasteiger charge is 2.35. The average Bonchev–Trinajstić information content (AvgIpc) is 2.84. The van der Waals surface area contributed by atoms with E-state index in [0.717, 1.165) is 22.5 Å². The summed E-state index contributed by atoms with van der Waals surface area (Å²) in [6.45, 7) is 4.00. The van der Waals surface area contributed by atoms with E-state index in [2.05, 4.69) is 41.7 Å². The molecule has 3 nitrogen and oxygen atoms in total. The fraction of sp³-hybridized carbons (Fsp3) is 0.278. The zero-order valence-corrected chi connectivity index (χ0v) is 12.6. The van der Waals surface area contributed by atoms with E-state index >= 15 is 0 Å². The van der Waals surface area contributed by atoms with Gasteiger partial charge in [0.2, 0.25) is 0 Å². The number of hydrogen-bond donors (Lipinski definition) is 1. The summed E-state index contributed by atoms with van der Waals surface area (Å²) >= 11 is 0. The predicted octanol–water partition coefficient (Wildman–Crippen LogP) is 4.03. The van der Waals surface area contributed by atoms with Crippen molar-refractivity contribution in [3.05, 3.63) is 65.7 Å². The number of nitrogens with one attached hydrogen (secondary N) is 1. The first-order valence-corrected chi connectivity index (χ1v) is 7.20. The molecule has 1 unspecified atom stereocenters. The van der Waals surface area contributed by atoms with Gasteiger partial charge >= 0.3 is 0 Å².